The molecule has 1 aromatic carbocycles. The SMILES string of the molecule is CC(C)(C)S(=O)(=O)CC1CCC(C2=CC(c3ccc(C#N)cc3)=NC2)CC1. The van der Waals surface area contributed by atoms with Crippen LogP contribution >= 0.6 is 0 Å². The lowest BCUT2D eigenvalue weighted by Gasteiger charge is -2.31. The zero-order chi connectivity index (χ0) is 19.7. The second-order valence-electron chi connectivity index (χ2n) is 8.72. The fourth-order valence-corrected chi connectivity index (χ4v) is 5.29. The van der Waals surface area contributed by atoms with Crippen molar-refractivity contribution in [1.29, 1.82) is 5.26 Å². The molecule has 1 aliphatic carbocycles. The number of hydrogen-bond donors (Lipinski definition) is 0. The summed E-state index contributed by atoms with van der Waals surface area (Å²) >= 11 is 0. The van der Waals surface area contributed by atoms with Crippen molar-refractivity contribution >= 4 is 15.5 Å². The zero-order valence-electron chi connectivity index (χ0n) is 16.4. The van der Waals surface area contributed by atoms with Crippen molar-refractivity contribution in [3.63, 3.8) is 0 Å². The Hall–Kier alpha value is -1.93. The van der Waals surface area contributed by atoms with Crippen LogP contribution in [0.15, 0.2) is 40.9 Å². The molecule has 0 amide bonds. The largest absolute Gasteiger partial charge is 0.280 e. The highest BCUT2D eigenvalue weighted by atomic mass is 32.2. The van der Waals surface area contributed by atoms with Crippen molar-refractivity contribution in [3.05, 3.63) is 47.0 Å². The van der Waals surface area contributed by atoms with Gasteiger partial charge >= 0.3 is 0 Å². The fraction of sp³-hybridized carbons (Fsp3) is 0.545. The van der Waals surface area contributed by atoms with Crippen molar-refractivity contribution in [2.45, 2.75) is 51.2 Å². The van der Waals surface area contributed by atoms with Gasteiger partial charge in [0.2, 0.25) is 0 Å². The lowest BCUT2D eigenvalue weighted by Crippen LogP contribution is -2.34. The van der Waals surface area contributed by atoms with E-state index in [1.54, 1.807) is 20.8 Å². The fourth-order valence-electron chi connectivity index (χ4n) is 3.84. The molecule has 3 rings (SSSR count). The first-order chi connectivity index (χ1) is 12.7. The van der Waals surface area contributed by atoms with Crippen LogP contribution in [-0.4, -0.2) is 31.2 Å². The monoisotopic (exact) mass is 384 g/mol. The van der Waals surface area contributed by atoms with Gasteiger partial charge in [-0.2, -0.15) is 5.26 Å². The molecule has 0 aromatic heterocycles. The van der Waals surface area contributed by atoms with Crippen LogP contribution in [0.2, 0.25) is 0 Å². The molecule has 4 nitrogen and oxygen atoms in total. The van der Waals surface area contributed by atoms with Crippen molar-refractivity contribution in [2.24, 2.45) is 16.8 Å². The first kappa shape index (κ1) is 19.8. The van der Waals surface area contributed by atoms with Gasteiger partial charge in [-0.05, 0) is 87.6 Å². The van der Waals surface area contributed by atoms with Crippen molar-refractivity contribution in [1.82, 2.24) is 0 Å². The van der Waals surface area contributed by atoms with Gasteiger partial charge in [0, 0.05) is 0 Å². The summed E-state index contributed by atoms with van der Waals surface area (Å²) < 4.78 is 24.2. The van der Waals surface area contributed by atoms with E-state index in [0.717, 1.165) is 43.5 Å². The molecule has 1 saturated carbocycles. The second-order valence-corrected chi connectivity index (χ2v) is 11.5. The molecule has 0 bridgehead atoms. The number of aliphatic imine (C=N–C) groups is 1. The number of hydrogen-bond acceptors (Lipinski definition) is 4. The summed E-state index contributed by atoms with van der Waals surface area (Å²) in [4.78, 5) is 4.67. The summed E-state index contributed by atoms with van der Waals surface area (Å²) in [5, 5.41) is 8.91. The van der Waals surface area contributed by atoms with Crippen molar-refractivity contribution < 1.29 is 8.42 Å². The predicted octanol–water partition coefficient (Wildman–Crippen LogP) is 4.31. The highest BCUT2D eigenvalue weighted by Gasteiger charge is 2.34. The Balaban J connectivity index is 1.58. The lowest BCUT2D eigenvalue weighted by atomic mass is 9.79. The average molecular weight is 385 g/mol. The highest BCUT2D eigenvalue weighted by Crippen LogP contribution is 2.36. The normalized spacial score (nSPS) is 23.5. The van der Waals surface area contributed by atoms with Crippen LogP contribution in [0.5, 0.6) is 0 Å². The molecule has 0 radical (unpaired) electrons. The number of nitriles is 1. The molecule has 1 fully saturated rings. The summed E-state index contributed by atoms with van der Waals surface area (Å²) in [5.41, 5.74) is 4.07. The molecule has 0 spiro atoms. The van der Waals surface area contributed by atoms with Gasteiger partial charge in [-0.3, -0.25) is 4.99 Å². The van der Waals surface area contributed by atoms with E-state index in [2.05, 4.69) is 17.1 Å². The first-order valence-electron chi connectivity index (χ1n) is 9.67. The third-order valence-electron chi connectivity index (χ3n) is 5.82. The second kappa shape index (κ2) is 7.59. The predicted molar refractivity (Wildman–Crippen MR) is 110 cm³/mol. The van der Waals surface area contributed by atoms with Crippen LogP contribution in [0, 0.1) is 23.2 Å². The molecule has 144 valence electrons. The molecule has 2 aliphatic rings. The maximum Gasteiger partial charge on any atom is 0.155 e. The number of nitrogens with zero attached hydrogens (tertiary/aromatic N) is 2. The van der Waals surface area contributed by atoms with Gasteiger partial charge in [0.1, 0.15) is 0 Å². The van der Waals surface area contributed by atoms with Gasteiger partial charge in [-0.1, -0.05) is 12.1 Å². The van der Waals surface area contributed by atoms with Crippen LogP contribution in [0.3, 0.4) is 0 Å². The van der Waals surface area contributed by atoms with Gasteiger partial charge < -0.3 is 0 Å². The van der Waals surface area contributed by atoms with Crippen LogP contribution in [0.4, 0.5) is 0 Å². The summed E-state index contributed by atoms with van der Waals surface area (Å²) in [6.45, 7) is 6.11. The lowest BCUT2D eigenvalue weighted by molar-refractivity contribution is 0.319. The molecule has 0 saturated heterocycles. The Morgan fingerprint density at radius 2 is 1.74 bits per heavy atom. The first-order valence-corrected chi connectivity index (χ1v) is 11.3. The third kappa shape index (κ3) is 4.50. The number of sulfone groups is 1. The highest BCUT2D eigenvalue weighted by molar-refractivity contribution is 7.92. The van der Waals surface area contributed by atoms with Crippen LogP contribution in [0.25, 0.3) is 0 Å². The average Bonchev–Trinajstić information content (AvgIpc) is 3.11. The van der Waals surface area contributed by atoms with E-state index < -0.39 is 14.6 Å². The van der Waals surface area contributed by atoms with E-state index in [1.165, 1.54) is 5.57 Å². The van der Waals surface area contributed by atoms with Gasteiger partial charge in [0.15, 0.2) is 9.84 Å². The molecule has 5 heteroatoms. The van der Waals surface area contributed by atoms with Crippen molar-refractivity contribution in [2.75, 3.05) is 12.3 Å². The molecular formula is C22H28N2O2S. The summed E-state index contributed by atoms with van der Waals surface area (Å²) in [6.07, 6.45) is 6.24. The number of benzene rings is 1. The Morgan fingerprint density at radius 3 is 2.30 bits per heavy atom. The van der Waals surface area contributed by atoms with E-state index >= 15 is 0 Å². The Kier molecular flexibility index (Phi) is 5.58. The Labute approximate surface area is 162 Å². The molecule has 1 aromatic rings. The van der Waals surface area contributed by atoms with Crippen LogP contribution in [0.1, 0.15) is 57.6 Å². The van der Waals surface area contributed by atoms with E-state index in [9.17, 15) is 8.42 Å². The van der Waals surface area contributed by atoms with Crippen LogP contribution < -0.4 is 0 Å². The Bertz CT molecular complexity index is 889. The summed E-state index contributed by atoms with van der Waals surface area (Å²) in [7, 11) is -3.04. The number of allylic oxidation sites excluding steroid dienone is 1. The third-order valence-corrected chi connectivity index (χ3v) is 8.60. The molecular weight excluding hydrogens is 356 g/mol. The van der Waals surface area contributed by atoms with Gasteiger partial charge in [-0.15, -0.1) is 0 Å². The smallest absolute Gasteiger partial charge is 0.155 e. The quantitative estimate of drug-likeness (QED) is 0.777. The molecule has 0 N–H and O–H groups in total. The van der Waals surface area contributed by atoms with Gasteiger partial charge in [-0.25, -0.2) is 8.42 Å². The zero-order valence-corrected chi connectivity index (χ0v) is 17.2. The molecule has 0 atom stereocenters. The Morgan fingerprint density at radius 1 is 1.11 bits per heavy atom. The van der Waals surface area contributed by atoms with Crippen molar-refractivity contribution in [3.8, 4) is 6.07 Å². The topological polar surface area (TPSA) is 70.3 Å². The van der Waals surface area contributed by atoms with Gasteiger partial charge in [0.05, 0.1) is 34.4 Å². The van der Waals surface area contributed by atoms with E-state index in [4.69, 9.17) is 5.26 Å². The standard InChI is InChI=1S/C22H28N2O2S/c1-22(2,3)27(25,26)15-17-6-8-18(9-7-17)20-12-21(24-14-20)19-10-4-16(13-23)5-11-19/h4-5,10-12,17-18H,6-9,14-15H2,1-3H3. The molecule has 1 aliphatic heterocycles. The maximum absolute atomic E-state index is 12.5. The molecule has 0 unspecified atom stereocenters. The minimum atomic E-state index is -3.04. The van der Waals surface area contributed by atoms with E-state index in [0.29, 0.717) is 17.2 Å². The van der Waals surface area contributed by atoms with E-state index in [-0.39, 0.29) is 5.92 Å². The molecule has 1 heterocycles. The van der Waals surface area contributed by atoms with Gasteiger partial charge in [0.25, 0.3) is 0 Å². The number of rotatable bonds is 4. The summed E-state index contributed by atoms with van der Waals surface area (Å²) in [5.74, 6) is 1.11. The van der Waals surface area contributed by atoms with Crippen LogP contribution in [-0.2, 0) is 9.84 Å². The minimum absolute atomic E-state index is 0.284. The van der Waals surface area contributed by atoms with E-state index in [1.807, 2.05) is 24.3 Å². The maximum atomic E-state index is 12.5. The summed E-state index contributed by atoms with van der Waals surface area (Å²) in [6, 6.07) is 9.68. The molecule has 27 heavy (non-hydrogen) atoms. The minimum Gasteiger partial charge on any atom is -0.280 e.